The van der Waals surface area contributed by atoms with Crippen molar-refractivity contribution in [2.24, 2.45) is 5.92 Å². The molecule has 1 heterocycles. The molecule has 0 spiro atoms. The molecule has 1 fully saturated rings. The molecular weight excluding hydrogens is 405 g/mol. The van der Waals surface area contributed by atoms with Crippen molar-refractivity contribution >= 4 is 30.7 Å². The van der Waals surface area contributed by atoms with E-state index in [1.54, 1.807) is 0 Å². The first-order chi connectivity index (χ1) is 13.3. The van der Waals surface area contributed by atoms with Crippen LogP contribution in [0.15, 0.2) is 60.7 Å². The predicted molar refractivity (Wildman–Crippen MR) is 125 cm³/mol. The van der Waals surface area contributed by atoms with Crippen LogP contribution in [0.2, 0.25) is 0 Å². The number of halogens is 2. The zero-order valence-electron chi connectivity index (χ0n) is 16.9. The number of carbonyl (C=O) groups is 1. The zero-order chi connectivity index (χ0) is 18.7. The maximum atomic E-state index is 12.5. The van der Waals surface area contributed by atoms with Gasteiger partial charge in [-0.05, 0) is 49.4 Å². The Hall–Kier alpha value is -1.59. The first kappa shape index (κ1) is 25.4. The normalized spacial score (nSPS) is 15.8. The van der Waals surface area contributed by atoms with Crippen molar-refractivity contribution < 1.29 is 4.79 Å². The van der Waals surface area contributed by atoms with E-state index in [-0.39, 0.29) is 30.7 Å². The largest absolute Gasteiger partial charge is 0.355 e. The maximum Gasteiger partial charge on any atom is 0.234 e. The van der Waals surface area contributed by atoms with Crippen LogP contribution >= 0.6 is 24.8 Å². The molecule has 2 aromatic rings. The summed E-state index contributed by atoms with van der Waals surface area (Å²) in [5, 5.41) is 6.56. The van der Waals surface area contributed by atoms with Gasteiger partial charge < -0.3 is 10.6 Å². The van der Waals surface area contributed by atoms with Gasteiger partial charge in [-0.1, -0.05) is 60.7 Å². The van der Waals surface area contributed by atoms with Crippen molar-refractivity contribution in [2.45, 2.75) is 32.4 Å². The van der Waals surface area contributed by atoms with Crippen LogP contribution in [0, 0.1) is 5.92 Å². The number of nitrogens with zero attached hydrogens (tertiary/aromatic N) is 1. The minimum absolute atomic E-state index is 0. The van der Waals surface area contributed by atoms with Crippen LogP contribution in [-0.4, -0.2) is 37.0 Å². The summed E-state index contributed by atoms with van der Waals surface area (Å²) in [5.74, 6) is 0.814. The Labute approximate surface area is 187 Å². The third-order valence-electron chi connectivity index (χ3n) is 5.14. The summed E-state index contributed by atoms with van der Waals surface area (Å²) in [4.78, 5) is 14.7. The molecule has 4 nitrogen and oxygen atoms in total. The standard InChI is InChI=1S/C23H31N3O.2ClH/c27-23(25-15-13-20-12-7-14-24-16-20)19-26(17-21-8-3-1-4-9-21)18-22-10-5-2-6-11-22;;/h1-6,8-11,20,24H,7,12-19H2,(H,25,27);2*1H. The third-order valence-corrected chi connectivity index (χ3v) is 5.14. The Morgan fingerprint density at radius 3 is 2.07 bits per heavy atom. The van der Waals surface area contributed by atoms with Crippen LogP contribution in [0.5, 0.6) is 0 Å². The van der Waals surface area contributed by atoms with E-state index < -0.39 is 0 Å². The Kier molecular flexibility index (Phi) is 12.6. The molecule has 1 aliphatic heterocycles. The molecule has 1 aliphatic rings. The highest BCUT2D eigenvalue weighted by atomic mass is 35.5. The summed E-state index contributed by atoms with van der Waals surface area (Å²) in [6, 6.07) is 20.7. The van der Waals surface area contributed by atoms with E-state index in [2.05, 4.69) is 39.8 Å². The molecule has 0 radical (unpaired) electrons. The predicted octanol–water partition coefficient (Wildman–Crippen LogP) is 4.04. The smallest absolute Gasteiger partial charge is 0.234 e. The lowest BCUT2D eigenvalue weighted by molar-refractivity contribution is -0.122. The lowest BCUT2D eigenvalue weighted by atomic mass is 9.96. The highest BCUT2D eigenvalue weighted by molar-refractivity contribution is 5.85. The topological polar surface area (TPSA) is 44.4 Å². The second kappa shape index (κ2) is 14.4. The van der Waals surface area contributed by atoms with Gasteiger partial charge in [0.1, 0.15) is 0 Å². The van der Waals surface area contributed by atoms with Crippen LogP contribution in [0.25, 0.3) is 0 Å². The van der Waals surface area contributed by atoms with E-state index in [9.17, 15) is 4.79 Å². The molecule has 29 heavy (non-hydrogen) atoms. The lowest BCUT2D eigenvalue weighted by Crippen LogP contribution is -2.38. The first-order valence-electron chi connectivity index (χ1n) is 10.1. The second-order valence-electron chi connectivity index (χ2n) is 7.47. The van der Waals surface area contributed by atoms with E-state index in [4.69, 9.17) is 0 Å². The lowest BCUT2D eigenvalue weighted by Gasteiger charge is -2.24. The number of carbonyl (C=O) groups excluding carboxylic acids is 1. The summed E-state index contributed by atoms with van der Waals surface area (Å²) < 4.78 is 0. The van der Waals surface area contributed by atoms with Crippen molar-refractivity contribution in [3.63, 3.8) is 0 Å². The van der Waals surface area contributed by atoms with E-state index in [1.165, 1.54) is 24.0 Å². The fourth-order valence-corrected chi connectivity index (χ4v) is 3.70. The average Bonchev–Trinajstić information content (AvgIpc) is 2.70. The Morgan fingerprint density at radius 1 is 0.966 bits per heavy atom. The molecule has 160 valence electrons. The minimum atomic E-state index is 0. The number of hydrogen-bond donors (Lipinski definition) is 2. The van der Waals surface area contributed by atoms with Crippen molar-refractivity contribution in [2.75, 3.05) is 26.2 Å². The molecule has 2 N–H and O–H groups in total. The molecule has 1 unspecified atom stereocenters. The number of benzene rings is 2. The average molecular weight is 438 g/mol. The number of piperidine rings is 1. The van der Waals surface area contributed by atoms with E-state index in [0.29, 0.717) is 12.5 Å². The number of rotatable bonds is 9. The number of nitrogens with one attached hydrogen (secondary N) is 2. The third kappa shape index (κ3) is 9.64. The summed E-state index contributed by atoms with van der Waals surface area (Å²) >= 11 is 0. The van der Waals surface area contributed by atoms with Gasteiger partial charge in [-0.15, -0.1) is 24.8 Å². The summed E-state index contributed by atoms with van der Waals surface area (Å²) in [6.07, 6.45) is 3.59. The molecule has 3 rings (SSSR count). The molecule has 1 atom stereocenters. The van der Waals surface area contributed by atoms with Gasteiger partial charge in [-0.25, -0.2) is 0 Å². The van der Waals surface area contributed by atoms with Crippen LogP contribution < -0.4 is 10.6 Å². The fourth-order valence-electron chi connectivity index (χ4n) is 3.70. The molecule has 1 amide bonds. The molecular formula is C23H33Cl2N3O. The maximum absolute atomic E-state index is 12.5. The monoisotopic (exact) mass is 437 g/mol. The molecule has 0 bridgehead atoms. The summed E-state index contributed by atoms with van der Waals surface area (Å²) in [5.41, 5.74) is 2.46. The van der Waals surface area contributed by atoms with Crippen LogP contribution in [-0.2, 0) is 17.9 Å². The van der Waals surface area contributed by atoms with Gasteiger partial charge in [0.2, 0.25) is 5.91 Å². The van der Waals surface area contributed by atoms with Gasteiger partial charge in [0, 0.05) is 19.6 Å². The van der Waals surface area contributed by atoms with E-state index in [1.807, 2.05) is 36.4 Å². The van der Waals surface area contributed by atoms with Crippen LogP contribution in [0.1, 0.15) is 30.4 Å². The van der Waals surface area contributed by atoms with E-state index in [0.717, 1.165) is 39.1 Å². The highest BCUT2D eigenvalue weighted by Gasteiger charge is 2.15. The quantitative estimate of drug-likeness (QED) is 0.621. The SMILES string of the molecule is Cl.Cl.O=C(CN(Cc1ccccc1)Cc1ccccc1)NCCC1CCCNC1. The van der Waals surface area contributed by atoms with Crippen molar-refractivity contribution in [3.05, 3.63) is 71.8 Å². The van der Waals surface area contributed by atoms with Gasteiger partial charge in [0.25, 0.3) is 0 Å². The summed E-state index contributed by atoms with van der Waals surface area (Å²) in [6.45, 7) is 4.97. The first-order valence-corrected chi connectivity index (χ1v) is 10.1. The van der Waals surface area contributed by atoms with Crippen molar-refractivity contribution in [1.29, 1.82) is 0 Å². The fraction of sp³-hybridized carbons (Fsp3) is 0.435. The highest BCUT2D eigenvalue weighted by Crippen LogP contribution is 2.13. The molecule has 0 aromatic heterocycles. The zero-order valence-corrected chi connectivity index (χ0v) is 18.5. The Balaban J connectivity index is 0.00000210. The van der Waals surface area contributed by atoms with Crippen LogP contribution in [0.3, 0.4) is 0 Å². The van der Waals surface area contributed by atoms with Gasteiger partial charge in [-0.3, -0.25) is 9.69 Å². The Morgan fingerprint density at radius 2 is 1.55 bits per heavy atom. The van der Waals surface area contributed by atoms with Crippen molar-refractivity contribution in [3.8, 4) is 0 Å². The number of hydrogen-bond acceptors (Lipinski definition) is 3. The molecule has 1 saturated heterocycles. The molecule has 6 heteroatoms. The molecule has 0 aliphatic carbocycles. The van der Waals surface area contributed by atoms with Gasteiger partial charge in [0.15, 0.2) is 0 Å². The van der Waals surface area contributed by atoms with Gasteiger partial charge >= 0.3 is 0 Å². The minimum Gasteiger partial charge on any atom is -0.355 e. The second-order valence-corrected chi connectivity index (χ2v) is 7.47. The Bertz CT molecular complexity index is 638. The van der Waals surface area contributed by atoms with Gasteiger partial charge in [-0.2, -0.15) is 0 Å². The van der Waals surface area contributed by atoms with Gasteiger partial charge in [0.05, 0.1) is 6.54 Å². The van der Waals surface area contributed by atoms with Crippen molar-refractivity contribution in [1.82, 2.24) is 15.5 Å². The van der Waals surface area contributed by atoms with E-state index >= 15 is 0 Å². The summed E-state index contributed by atoms with van der Waals surface area (Å²) in [7, 11) is 0. The molecule has 0 saturated carbocycles. The molecule has 2 aromatic carbocycles. The number of amides is 1. The van der Waals surface area contributed by atoms with Crippen LogP contribution in [0.4, 0.5) is 0 Å².